The van der Waals surface area contributed by atoms with Crippen LogP contribution in [0.15, 0.2) is 59.6 Å². The summed E-state index contributed by atoms with van der Waals surface area (Å²) in [7, 11) is 2.17. The summed E-state index contributed by atoms with van der Waals surface area (Å²) in [5, 5.41) is 15.7. The Morgan fingerprint density at radius 1 is 1.11 bits per heavy atom. The third-order valence-corrected chi connectivity index (χ3v) is 4.70. The number of guanidine groups is 1. The molecule has 0 spiro atoms. The Kier molecular flexibility index (Phi) is 9.03. The van der Waals surface area contributed by atoms with Crippen molar-refractivity contribution in [1.29, 1.82) is 5.26 Å². The van der Waals surface area contributed by atoms with Gasteiger partial charge in [0.15, 0.2) is 5.96 Å². The third-order valence-electron chi connectivity index (χ3n) is 4.70. The van der Waals surface area contributed by atoms with Gasteiger partial charge in [0.2, 0.25) is 0 Å². The highest BCUT2D eigenvalue weighted by Gasteiger charge is 2.09. The fourth-order valence-corrected chi connectivity index (χ4v) is 2.90. The molecule has 5 heteroatoms. The van der Waals surface area contributed by atoms with Crippen molar-refractivity contribution in [2.45, 2.75) is 39.4 Å². The van der Waals surface area contributed by atoms with E-state index in [-0.39, 0.29) is 0 Å². The van der Waals surface area contributed by atoms with E-state index in [9.17, 15) is 0 Å². The van der Waals surface area contributed by atoms with Crippen molar-refractivity contribution in [2.75, 3.05) is 20.1 Å². The van der Waals surface area contributed by atoms with Crippen LogP contribution in [0.5, 0.6) is 0 Å². The summed E-state index contributed by atoms with van der Waals surface area (Å²) in [6.07, 6.45) is 1.03. The number of nitrogens with zero attached hydrogens (tertiary/aromatic N) is 3. The van der Waals surface area contributed by atoms with Crippen LogP contribution in [0.4, 0.5) is 0 Å². The Balaban J connectivity index is 1.82. The van der Waals surface area contributed by atoms with Gasteiger partial charge in [-0.2, -0.15) is 5.26 Å². The van der Waals surface area contributed by atoms with Crippen molar-refractivity contribution in [1.82, 2.24) is 15.5 Å². The normalized spacial score (nSPS) is 12.5. The van der Waals surface area contributed by atoms with E-state index in [0.717, 1.165) is 37.6 Å². The topological polar surface area (TPSA) is 63.5 Å². The molecule has 2 aromatic rings. The first kappa shape index (κ1) is 21.5. The molecule has 1 atom stereocenters. The number of hydrogen-bond donors (Lipinski definition) is 2. The summed E-state index contributed by atoms with van der Waals surface area (Å²) in [6, 6.07) is 20.8. The maximum atomic E-state index is 9.02. The molecule has 1 unspecified atom stereocenters. The van der Waals surface area contributed by atoms with Crippen LogP contribution in [0.25, 0.3) is 0 Å². The predicted octanol–water partition coefficient (Wildman–Crippen LogP) is 3.52. The van der Waals surface area contributed by atoms with Gasteiger partial charge in [0.1, 0.15) is 0 Å². The molecule has 2 aromatic carbocycles. The van der Waals surface area contributed by atoms with Gasteiger partial charge in [-0.1, -0.05) is 42.5 Å². The Labute approximate surface area is 169 Å². The number of hydrogen-bond acceptors (Lipinski definition) is 3. The lowest BCUT2D eigenvalue weighted by molar-refractivity contribution is 0.238. The van der Waals surface area contributed by atoms with E-state index in [4.69, 9.17) is 5.26 Å². The van der Waals surface area contributed by atoms with Gasteiger partial charge in [0.05, 0.1) is 18.2 Å². The quantitative estimate of drug-likeness (QED) is 0.518. The largest absolute Gasteiger partial charge is 0.357 e. The molecular formula is C23H31N5. The van der Waals surface area contributed by atoms with Gasteiger partial charge in [-0.05, 0) is 50.6 Å². The van der Waals surface area contributed by atoms with Gasteiger partial charge in [-0.25, -0.2) is 4.99 Å². The summed E-state index contributed by atoms with van der Waals surface area (Å²) < 4.78 is 0. The molecule has 0 aliphatic rings. The van der Waals surface area contributed by atoms with Crippen molar-refractivity contribution in [2.24, 2.45) is 4.99 Å². The summed E-state index contributed by atoms with van der Waals surface area (Å²) >= 11 is 0. The van der Waals surface area contributed by atoms with E-state index in [2.05, 4.69) is 77.8 Å². The number of nitriles is 1. The van der Waals surface area contributed by atoms with E-state index in [1.165, 1.54) is 5.56 Å². The number of aliphatic imine (C=N–C) groups is 1. The zero-order valence-electron chi connectivity index (χ0n) is 17.2. The number of rotatable bonds is 9. The minimum Gasteiger partial charge on any atom is -0.357 e. The SMILES string of the molecule is CCNC(=NCc1cccc(C#N)c1)NCCC(C)N(C)Cc1ccccc1. The highest BCUT2D eigenvalue weighted by Crippen LogP contribution is 2.08. The standard InChI is InChI=1S/C23H31N5/c1-4-25-23(27-17-22-12-8-11-21(15-22)16-24)26-14-13-19(2)28(3)18-20-9-6-5-7-10-20/h5-12,15,19H,4,13-14,17-18H2,1-3H3,(H2,25,26,27). The zero-order chi connectivity index (χ0) is 20.2. The van der Waals surface area contributed by atoms with Gasteiger partial charge in [0, 0.05) is 25.7 Å². The maximum Gasteiger partial charge on any atom is 0.191 e. The van der Waals surface area contributed by atoms with Gasteiger partial charge in [-0.15, -0.1) is 0 Å². The fraction of sp³-hybridized carbons (Fsp3) is 0.391. The molecule has 0 radical (unpaired) electrons. The van der Waals surface area contributed by atoms with Crippen molar-refractivity contribution < 1.29 is 0 Å². The Morgan fingerprint density at radius 3 is 2.57 bits per heavy atom. The minimum absolute atomic E-state index is 0.461. The third kappa shape index (κ3) is 7.42. The molecule has 2 rings (SSSR count). The number of benzene rings is 2. The van der Waals surface area contributed by atoms with Crippen LogP contribution < -0.4 is 10.6 Å². The molecule has 0 saturated carbocycles. The second-order valence-electron chi connectivity index (χ2n) is 6.97. The Morgan fingerprint density at radius 2 is 1.86 bits per heavy atom. The van der Waals surface area contributed by atoms with Gasteiger partial charge in [0.25, 0.3) is 0 Å². The van der Waals surface area contributed by atoms with E-state index in [1.54, 1.807) is 0 Å². The van der Waals surface area contributed by atoms with Crippen molar-refractivity contribution in [3.63, 3.8) is 0 Å². The number of nitrogens with one attached hydrogen (secondary N) is 2. The summed E-state index contributed by atoms with van der Waals surface area (Å²) in [5.74, 6) is 0.808. The molecule has 148 valence electrons. The first-order valence-electron chi connectivity index (χ1n) is 9.87. The summed E-state index contributed by atoms with van der Waals surface area (Å²) in [5.41, 5.74) is 3.03. The van der Waals surface area contributed by atoms with Crippen LogP contribution in [0.2, 0.25) is 0 Å². The molecule has 0 amide bonds. The van der Waals surface area contributed by atoms with Crippen molar-refractivity contribution >= 4 is 5.96 Å². The van der Waals surface area contributed by atoms with E-state index >= 15 is 0 Å². The lowest BCUT2D eigenvalue weighted by Gasteiger charge is -2.25. The van der Waals surface area contributed by atoms with Crippen molar-refractivity contribution in [3.8, 4) is 6.07 Å². The first-order chi connectivity index (χ1) is 13.6. The predicted molar refractivity (Wildman–Crippen MR) is 116 cm³/mol. The molecule has 28 heavy (non-hydrogen) atoms. The molecule has 2 N–H and O–H groups in total. The molecule has 0 aliphatic carbocycles. The minimum atomic E-state index is 0.461. The molecule has 0 aliphatic heterocycles. The van der Waals surface area contributed by atoms with Crippen LogP contribution in [0.3, 0.4) is 0 Å². The fourth-order valence-electron chi connectivity index (χ4n) is 2.90. The van der Waals surface area contributed by atoms with Crippen molar-refractivity contribution in [3.05, 3.63) is 71.3 Å². The summed E-state index contributed by atoms with van der Waals surface area (Å²) in [4.78, 5) is 7.01. The van der Waals surface area contributed by atoms with Crippen LogP contribution in [-0.2, 0) is 13.1 Å². The van der Waals surface area contributed by atoms with E-state index in [1.807, 2.05) is 24.3 Å². The van der Waals surface area contributed by atoms with E-state index < -0.39 is 0 Å². The second-order valence-corrected chi connectivity index (χ2v) is 6.97. The van der Waals surface area contributed by atoms with Gasteiger partial charge >= 0.3 is 0 Å². The zero-order valence-corrected chi connectivity index (χ0v) is 17.2. The molecular weight excluding hydrogens is 346 g/mol. The van der Waals surface area contributed by atoms with Gasteiger partial charge in [-0.3, -0.25) is 4.90 Å². The molecule has 0 heterocycles. The monoisotopic (exact) mass is 377 g/mol. The lowest BCUT2D eigenvalue weighted by Crippen LogP contribution is -2.40. The lowest BCUT2D eigenvalue weighted by atomic mass is 10.1. The second kappa shape index (κ2) is 11.8. The molecule has 0 fully saturated rings. The highest BCUT2D eigenvalue weighted by atomic mass is 15.2. The Bertz CT molecular complexity index is 779. The maximum absolute atomic E-state index is 9.02. The van der Waals surface area contributed by atoms with Gasteiger partial charge < -0.3 is 10.6 Å². The van der Waals surface area contributed by atoms with Crippen LogP contribution in [0.1, 0.15) is 37.0 Å². The molecule has 5 nitrogen and oxygen atoms in total. The smallest absolute Gasteiger partial charge is 0.191 e. The first-order valence-corrected chi connectivity index (χ1v) is 9.87. The van der Waals surface area contributed by atoms with Crippen LogP contribution >= 0.6 is 0 Å². The van der Waals surface area contributed by atoms with Crippen LogP contribution in [-0.4, -0.2) is 37.0 Å². The Hall–Kier alpha value is -2.84. The van der Waals surface area contributed by atoms with Crippen LogP contribution in [0, 0.1) is 11.3 Å². The average Bonchev–Trinajstić information content (AvgIpc) is 2.72. The molecule has 0 aromatic heterocycles. The highest BCUT2D eigenvalue weighted by molar-refractivity contribution is 5.79. The molecule has 0 saturated heterocycles. The van der Waals surface area contributed by atoms with E-state index in [0.29, 0.717) is 18.2 Å². The summed E-state index contributed by atoms with van der Waals surface area (Å²) in [6.45, 7) is 7.48. The average molecular weight is 378 g/mol. The molecule has 0 bridgehead atoms.